The maximum absolute atomic E-state index is 5.59. The lowest BCUT2D eigenvalue weighted by atomic mass is 10.1. The highest BCUT2D eigenvalue weighted by Crippen LogP contribution is 2.27. The lowest BCUT2D eigenvalue weighted by Gasteiger charge is -2.25. The number of hydrogen-bond acceptors (Lipinski definition) is 3. The van der Waals surface area contributed by atoms with Gasteiger partial charge in [0, 0.05) is 7.11 Å². The van der Waals surface area contributed by atoms with Gasteiger partial charge in [0.25, 0.3) is 0 Å². The van der Waals surface area contributed by atoms with Crippen LogP contribution in [-0.4, -0.2) is 26.9 Å². The highest BCUT2D eigenvalue weighted by atomic mass is 16.5. The summed E-state index contributed by atoms with van der Waals surface area (Å²) in [4.78, 5) is 0. The summed E-state index contributed by atoms with van der Waals surface area (Å²) in [5.41, 5.74) is 2.35. The molecule has 0 spiro atoms. The van der Waals surface area contributed by atoms with Crippen LogP contribution in [0.2, 0.25) is 0 Å². The third kappa shape index (κ3) is 1.93. The van der Waals surface area contributed by atoms with Crippen LogP contribution in [0.5, 0.6) is 0 Å². The van der Waals surface area contributed by atoms with Crippen molar-refractivity contribution in [3.8, 4) is 0 Å². The summed E-state index contributed by atoms with van der Waals surface area (Å²) in [6.45, 7) is 6.66. The van der Waals surface area contributed by atoms with Crippen molar-refractivity contribution in [2.24, 2.45) is 0 Å². The molecule has 0 unspecified atom stereocenters. The van der Waals surface area contributed by atoms with Crippen LogP contribution in [0.15, 0.2) is 22.7 Å². The average Bonchev–Trinajstić information content (AvgIpc) is 2.20. The molecule has 0 fully saturated rings. The molecule has 0 aromatic rings. The molecule has 3 heteroatoms. The van der Waals surface area contributed by atoms with E-state index in [0.717, 1.165) is 17.1 Å². The monoisotopic (exact) mass is 198 g/mol. The van der Waals surface area contributed by atoms with Crippen molar-refractivity contribution in [2.75, 3.05) is 20.8 Å². The van der Waals surface area contributed by atoms with Gasteiger partial charge in [-0.15, -0.1) is 0 Å². The van der Waals surface area contributed by atoms with Gasteiger partial charge in [0.2, 0.25) is 0 Å². The molecule has 0 bridgehead atoms. The van der Waals surface area contributed by atoms with Gasteiger partial charge in [-0.05, 0) is 31.9 Å². The summed E-state index contributed by atoms with van der Waals surface area (Å²) in [7, 11) is 3.32. The van der Waals surface area contributed by atoms with Crippen molar-refractivity contribution in [3.05, 3.63) is 22.7 Å². The zero-order chi connectivity index (χ0) is 10.7. The van der Waals surface area contributed by atoms with Gasteiger partial charge in [-0.25, -0.2) is 0 Å². The first-order chi connectivity index (χ1) is 6.61. The second-order valence-corrected chi connectivity index (χ2v) is 3.47. The molecule has 1 rings (SSSR count). The Bertz CT molecular complexity index is 276. The fourth-order valence-electron chi connectivity index (χ4n) is 1.40. The molecule has 0 saturated heterocycles. The Morgan fingerprint density at radius 3 is 2.43 bits per heavy atom. The average molecular weight is 198 g/mol. The molecule has 1 atom stereocenters. The zero-order valence-corrected chi connectivity index (χ0v) is 9.51. The van der Waals surface area contributed by atoms with Crippen molar-refractivity contribution in [2.45, 2.75) is 26.9 Å². The van der Waals surface area contributed by atoms with Gasteiger partial charge >= 0.3 is 0 Å². The van der Waals surface area contributed by atoms with Gasteiger partial charge in [0.1, 0.15) is 12.7 Å². The molecule has 14 heavy (non-hydrogen) atoms. The minimum atomic E-state index is -0.0620. The Hall–Kier alpha value is -0.960. The third-order valence-electron chi connectivity index (χ3n) is 2.58. The second kappa shape index (κ2) is 4.51. The molecule has 1 aliphatic rings. The van der Waals surface area contributed by atoms with Crippen molar-refractivity contribution >= 4 is 0 Å². The number of ether oxygens (including phenoxy) is 3. The highest BCUT2D eigenvalue weighted by Gasteiger charge is 2.23. The predicted molar refractivity (Wildman–Crippen MR) is 54.8 cm³/mol. The van der Waals surface area contributed by atoms with Crippen molar-refractivity contribution in [1.82, 2.24) is 0 Å². The third-order valence-corrected chi connectivity index (χ3v) is 2.58. The van der Waals surface area contributed by atoms with Crippen molar-refractivity contribution in [1.29, 1.82) is 0 Å². The van der Waals surface area contributed by atoms with Crippen LogP contribution in [0, 0.1) is 0 Å². The minimum Gasteiger partial charge on any atom is -0.493 e. The maximum atomic E-state index is 5.59. The molecule has 0 saturated carbocycles. The van der Waals surface area contributed by atoms with E-state index in [2.05, 4.69) is 0 Å². The van der Waals surface area contributed by atoms with Gasteiger partial charge in [-0.3, -0.25) is 0 Å². The van der Waals surface area contributed by atoms with Crippen LogP contribution in [0.25, 0.3) is 0 Å². The predicted octanol–water partition coefficient (Wildman–Crippen LogP) is 2.25. The van der Waals surface area contributed by atoms with Crippen LogP contribution >= 0.6 is 0 Å². The largest absolute Gasteiger partial charge is 0.493 e. The summed E-state index contributed by atoms with van der Waals surface area (Å²) < 4.78 is 16.1. The molecule has 0 aliphatic carbocycles. The topological polar surface area (TPSA) is 27.7 Å². The lowest BCUT2D eigenvalue weighted by Crippen LogP contribution is -2.20. The lowest BCUT2D eigenvalue weighted by molar-refractivity contribution is 0.0642. The summed E-state index contributed by atoms with van der Waals surface area (Å²) in [6.07, 6.45) is -0.0620. The first-order valence-corrected chi connectivity index (χ1v) is 4.72. The Morgan fingerprint density at radius 2 is 1.93 bits per heavy atom. The maximum Gasteiger partial charge on any atom is 0.167 e. The van der Waals surface area contributed by atoms with Crippen LogP contribution in [-0.2, 0) is 14.2 Å². The molecule has 0 aromatic carbocycles. The SMILES string of the molecule is COC1=C([C@@H](C)OC)OCC(C)=C1C. The Kier molecular flexibility index (Phi) is 3.58. The Labute approximate surface area is 85.3 Å². The van der Waals surface area contributed by atoms with Crippen LogP contribution in [0.3, 0.4) is 0 Å². The van der Waals surface area contributed by atoms with E-state index in [1.54, 1.807) is 14.2 Å². The van der Waals surface area contributed by atoms with E-state index in [0.29, 0.717) is 6.61 Å². The molecule has 0 aromatic heterocycles. The van der Waals surface area contributed by atoms with Gasteiger partial charge in [-0.1, -0.05) is 0 Å². The molecule has 0 radical (unpaired) electrons. The van der Waals surface area contributed by atoms with Gasteiger partial charge in [-0.2, -0.15) is 0 Å². The van der Waals surface area contributed by atoms with Crippen LogP contribution < -0.4 is 0 Å². The summed E-state index contributed by atoms with van der Waals surface area (Å²) >= 11 is 0. The summed E-state index contributed by atoms with van der Waals surface area (Å²) in [5, 5.41) is 0. The Balaban J connectivity index is 3.05. The van der Waals surface area contributed by atoms with E-state index in [1.165, 1.54) is 5.57 Å². The van der Waals surface area contributed by atoms with E-state index >= 15 is 0 Å². The number of hydrogen-bond donors (Lipinski definition) is 0. The standard InChI is InChI=1S/C11H18O3/c1-7-6-14-11(9(3)12-4)10(13-5)8(7)2/h9H,6H2,1-5H3/t9-/m1/s1. The normalized spacial score (nSPS) is 19.5. The molecule has 1 aliphatic heterocycles. The van der Waals surface area contributed by atoms with Gasteiger partial charge in [0.15, 0.2) is 11.5 Å². The molecule has 0 amide bonds. The minimum absolute atomic E-state index is 0.0620. The van der Waals surface area contributed by atoms with Crippen LogP contribution in [0.4, 0.5) is 0 Å². The molecule has 3 nitrogen and oxygen atoms in total. The van der Waals surface area contributed by atoms with Crippen molar-refractivity contribution < 1.29 is 14.2 Å². The molecular formula is C11H18O3. The van der Waals surface area contributed by atoms with Crippen LogP contribution in [0.1, 0.15) is 20.8 Å². The molecule has 0 N–H and O–H groups in total. The molecule has 80 valence electrons. The fourth-order valence-corrected chi connectivity index (χ4v) is 1.40. The van der Waals surface area contributed by atoms with Crippen molar-refractivity contribution in [3.63, 3.8) is 0 Å². The molecular weight excluding hydrogens is 180 g/mol. The fraction of sp³-hybridized carbons (Fsp3) is 0.636. The van der Waals surface area contributed by atoms with E-state index in [1.807, 2.05) is 20.8 Å². The highest BCUT2D eigenvalue weighted by molar-refractivity contribution is 5.35. The van der Waals surface area contributed by atoms with E-state index in [-0.39, 0.29) is 6.10 Å². The van der Waals surface area contributed by atoms with E-state index in [4.69, 9.17) is 14.2 Å². The number of rotatable bonds is 3. The Morgan fingerprint density at radius 1 is 1.29 bits per heavy atom. The number of allylic oxidation sites excluding steroid dienone is 1. The van der Waals surface area contributed by atoms with Gasteiger partial charge in [0.05, 0.1) is 7.11 Å². The van der Waals surface area contributed by atoms with Gasteiger partial charge < -0.3 is 14.2 Å². The summed E-state index contributed by atoms with van der Waals surface area (Å²) in [5.74, 6) is 1.60. The van der Waals surface area contributed by atoms with E-state index in [9.17, 15) is 0 Å². The smallest absolute Gasteiger partial charge is 0.167 e. The zero-order valence-electron chi connectivity index (χ0n) is 9.51. The first kappa shape index (κ1) is 11.1. The quantitative estimate of drug-likeness (QED) is 0.696. The first-order valence-electron chi connectivity index (χ1n) is 4.72. The molecule has 1 heterocycles. The second-order valence-electron chi connectivity index (χ2n) is 3.47. The summed E-state index contributed by atoms with van der Waals surface area (Å²) in [6, 6.07) is 0. The van der Waals surface area contributed by atoms with E-state index < -0.39 is 0 Å². The number of methoxy groups -OCH3 is 2.